The lowest BCUT2D eigenvalue weighted by molar-refractivity contribution is -0.141. The molecule has 1 aromatic rings. The molecule has 0 aliphatic heterocycles. The number of ether oxygens (including phenoxy) is 1. The van der Waals surface area contributed by atoms with E-state index in [0.29, 0.717) is 12.8 Å². The molecule has 0 saturated heterocycles. The van der Waals surface area contributed by atoms with Gasteiger partial charge in [0.1, 0.15) is 11.6 Å². The van der Waals surface area contributed by atoms with E-state index in [1.54, 1.807) is 0 Å². The highest BCUT2D eigenvalue weighted by Crippen LogP contribution is 2.50. The Morgan fingerprint density at radius 2 is 1.86 bits per heavy atom. The minimum Gasteiger partial charge on any atom is -0.469 e. The number of hydrogen-bond donors (Lipinski definition) is 0. The largest absolute Gasteiger partial charge is 0.469 e. The van der Waals surface area contributed by atoms with E-state index in [1.807, 2.05) is 0 Å². The van der Waals surface area contributed by atoms with Gasteiger partial charge in [0.05, 0.1) is 25.0 Å². The van der Waals surface area contributed by atoms with Gasteiger partial charge in [0.15, 0.2) is 9.84 Å². The highest BCUT2D eigenvalue weighted by atomic mass is 32.2. The summed E-state index contributed by atoms with van der Waals surface area (Å²) in [4.78, 5) is 11.3. The number of carbonyl (C=O) groups is 1. The molecule has 0 radical (unpaired) electrons. The van der Waals surface area contributed by atoms with Gasteiger partial charge in [-0.15, -0.1) is 0 Å². The molecule has 7 heteroatoms. The summed E-state index contributed by atoms with van der Waals surface area (Å²) in [5, 5.41) is 0. The lowest BCUT2D eigenvalue weighted by Crippen LogP contribution is -2.23. The third kappa shape index (κ3) is 4.00. The van der Waals surface area contributed by atoms with Gasteiger partial charge in [0, 0.05) is 5.56 Å². The molecule has 1 aliphatic rings. The quantitative estimate of drug-likeness (QED) is 0.755. The van der Waals surface area contributed by atoms with Crippen molar-refractivity contribution in [3.63, 3.8) is 0 Å². The van der Waals surface area contributed by atoms with Crippen LogP contribution in [0.15, 0.2) is 18.2 Å². The van der Waals surface area contributed by atoms with Crippen molar-refractivity contribution in [3.05, 3.63) is 35.4 Å². The Hall–Kier alpha value is -1.50. The maximum Gasteiger partial charge on any atom is 0.306 e. The summed E-state index contributed by atoms with van der Waals surface area (Å²) < 4.78 is 55.9. The van der Waals surface area contributed by atoms with E-state index in [-0.39, 0.29) is 12.2 Å². The highest BCUT2D eigenvalue weighted by Gasteiger charge is 2.48. The van der Waals surface area contributed by atoms with E-state index >= 15 is 0 Å². The first-order valence-corrected chi connectivity index (χ1v) is 8.29. The lowest BCUT2D eigenvalue weighted by atomic mass is 10.1. The van der Waals surface area contributed by atoms with Crippen molar-refractivity contribution in [2.45, 2.75) is 25.0 Å². The third-order valence-electron chi connectivity index (χ3n) is 3.66. The molecule has 1 aliphatic carbocycles. The molecule has 0 unspecified atom stereocenters. The van der Waals surface area contributed by atoms with Gasteiger partial charge in [0.25, 0.3) is 0 Å². The van der Waals surface area contributed by atoms with Gasteiger partial charge in [0.2, 0.25) is 0 Å². The molecule has 0 atom stereocenters. The van der Waals surface area contributed by atoms with Crippen LogP contribution in [0.1, 0.15) is 24.8 Å². The van der Waals surface area contributed by atoms with E-state index < -0.39 is 44.2 Å². The van der Waals surface area contributed by atoms with Crippen LogP contribution < -0.4 is 0 Å². The van der Waals surface area contributed by atoms with E-state index in [9.17, 15) is 22.0 Å². The Balaban J connectivity index is 2.11. The maximum atomic E-state index is 13.5. The van der Waals surface area contributed by atoms with Crippen LogP contribution in [-0.2, 0) is 25.1 Å². The summed E-state index contributed by atoms with van der Waals surface area (Å²) in [6.07, 6.45) is 1.21. The van der Waals surface area contributed by atoms with Crippen LogP contribution in [0.2, 0.25) is 0 Å². The molecule has 2 rings (SSSR count). The second kappa shape index (κ2) is 5.71. The van der Waals surface area contributed by atoms with Crippen molar-refractivity contribution >= 4 is 15.8 Å². The van der Waals surface area contributed by atoms with Crippen LogP contribution in [0.4, 0.5) is 8.78 Å². The summed E-state index contributed by atoms with van der Waals surface area (Å²) in [5.41, 5.74) is -1.08. The van der Waals surface area contributed by atoms with Crippen LogP contribution >= 0.6 is 0 Å². The van der Waals surface area contributed by atoms with E-state index in [4.69, 9.17) is 0 Å². The van der Waals surface area contributed by atoms with Gasteiger partial charge in [-0.3, -0.25) is 4.79 Å². The molecule has 1 aromatic carbocycles. The number of sulfone groups is 1. The number of methoxy groups -OCH3 is 1. The monoisotopic (exact) mass is 318 g/mol. The number of esters is 1. The zero-order valence-corrected chi connectivity index (χ0v) is 12.4. The number of hydrogen-bond acceptors (Lipinski definition) is 4. The van der Waals surface area contributed by atoms with Crippen molar-refractivity contribution in [1.29, 1.82) is 0 Å². The maximum absolute atomic E-state index is 13.5. The molecule has 0 heterocycles. The molecule has 0 aromatic heterocycles. The molecule has 0 N–H and O–H groups in total. The van der Waals surface area contributed by atoms with Crippen LogP contribution in [0.5, 0.6) is 0 Å². The molecule has 1 fully saturated rings. The van der Waals surface area contributed by atoms with Crippen molar-refractivity contribution in [1.82, 2.24) is 0 Å². The summed E-state index contributed by atoms with van der Waals surface area (Å²) >= 11 is 0. The zero-order valence-electron chi connectivity index (χ0n) is 11.6. The molecular weight excluding hydrogens is 302 g/mol. The minimum absolute atomic E-state index is 0.0164. The zero-order chi connectivity index (χ0) is 15.7. The van der Waals surface area contributed by atoms with Crippen molar-refractivity contribution < 1.29 is 26.7 Å². The van der Waals surface area contributed by atoms with Gasteiger partial charge in [-0.05, 0) is 30.4 Å². The van der Waals surface area contributed by atoms with Gasteiger partial charge in [-0.2, -0.15) is 0 Å². The molecule has 1 saturated carbocycles. The second-order valence-electron chi connectivity index (χ2n) is 5.49. The average molecular weight is 318 g/mol. The van der Waals surface area contributed by atoms with Gasteiger partial charge < -0.3 is 4.74 Å². The van der Waals surface area contributed by atoms with Crippen LogP contribution in [0.3, 0.4) is 0 Å². The molecular formula is C14H16F2O4S. The summed E-state index contributed by atoms with van der Waals surface area (Å²) in [7, 11) is -2.48. The Labute approximate surface area is 122 Å². The first kappa shape index (κ1) is 15.9. The fraction of sp³-hybridized carbons (Fsp3) is 0.500. The van der Waals surface area contributed by atoms with Crippen LogP contribution in [0, 0.1) is 17.0 Å². The van der Waals surface area contributed by atoms with Crippen molar-refractivity contribution in [2.24, 2.45) is 5.41 Å². The normalized spacial score (nSPS) is 16.5. The first-order valence-electron chi connectivity index (χ1n) is 6.47. The standard InChI is InChI=1S/C14H16F2O4S/c1-20-13(17)7-14(5-6-14)9-21(18,19)8-10-11(15)3-2-4-12(10)16/h2-4H,5-9H2,1H3. The molecule has 116 valence electrons. The van der Waals surface area contributed by atoms with Gasteiger partial charge in [-0.1, -0.05) is 6.07 Å². The van der Waals surface area contributed by atoms with Gasteiger partial charge >= 0.3 is 5.97 Å². The highest BCUT2D eigenvalue weighted by molar-refractivity contribution is 7.90. The Kier molecular flexibility index (Phi) is 4.32. The Morgan fingerprint density at radius 1 is 1.29 bits per heavy atom. The molecule has 21 heavy (non-hydrogen) atoms. The third-order valence-corrected chi connectivity index (χ3v) is 5.44. The number of rotatable bonds is 6. The molecule has 0 bridgehead atoms. The van der Waals surface area contributed by atoms with E-state index in [1.165, 1.54) is 13.2 Å². The lowest BCUT2D eigenvalue weighted by Gasteiger charge is -2.14. The van der Waals surface area contributed by atoms with E-state index in [0.717, 1.165) is 12.1 Å². The number of halogens is 2. The fourth-order valence-corrected chi connectivity index (χ4v) is 4.48. The fourth-order valence-electron chi connectivity index (χ4n) is 2.33. The Bertz CT molecular complexity index is 631. The minimum atomic E-state index is -3.72. The summed E-state index contributed by atoms with van der Waals surface area (Å²) in [6.45, 7) is 0. The van der Waals surface area contributed by atoms with Crippen molar-refractivity contribution in [3.8, 4) is 0 Å². The molecule has 0 amide bonds. The average Bonchev–Trinajstić information content (AvgIpc) is 3.12. The predicted octanol–water partition coefficient (Wildman–Crippen LogP) is 2.22. The van der Waals surface area contributed by atoms with Crippen LogP contribution in [0.25, 0.3) is 0 Å². The Morgan fingerprint density at radius 3 is 2.33 bits per heavy atom. The van der Waals surface area contributed by atoms with Gasteiger partial charge in [-0.25, -0.2) is 17.2 Å². The molecule has 0 spiro atoms. The smallest absolute Gasteiger partial charge is 0.306 e. The number of carbonyl (C=O) groups excluding carboxylic acids is 1. The van der Waals surface area contributed by atoms with Crippen molar-refractivity contribution in [2.75, 3.05) is 12.9 Å². The topological polar surface area (TPSA) is 60.4 Å². The molecule has 4 nitrogen and oxygen atoms in total. The van der Waals surface area contributed by atoms with E-state index in [2.05, 4.69) is 4.74 Å². The summed E-state index contributed by atoms with van der Waals surface area (Å²) in [5.74, 6) is -3.19. The van der Waals surface area contributed by atoms with Crippen LogP contribution in [-0.4, -0.2) is 27.2 Å². The second-order valence-corrected chi connectivity index (χ2v) is 7.55. The number of benzene rings is 1. The SMILES string of the molecule is COC(=O)CC1(CS(=O)(=O)Cc2c(F)cccc2F)CC1. The predicted molar refractivity (Wildman–Crippen MR) is 72.1 cm³/mol. The first-order chi connectivity index (χ1) is 9.77. The summed E-state index contributed by atoms with van der Waals surface area (Å²) in [6, 6.07) is 3.23.